The first-order valence-corrected chi connectivity index (χ1v) is 9.17. The van der Waals surface area contributed by atoms with E-state index in [9.17, 15) is 9.90 Å². The molecule has 1 fully saturated rings. The molecule has 1 aliphatic rings. The molecule has 3 atom stereocenters. The predicted molar refractivity (Wildman–Crippen MR) is 97.0 cm³/mol. The van der Waals surface area contributed by atoms with Crippen molar-refractivity contribution in [3.8, 4) is 0 Å². The summed E-state index contributed by atoms with van der Waals surface area (Å²) in [6.45, 7) is 2.20. The van der Waals surface area contributed by atoms with Gasteiger partial charge in [-0.15, -0.1) is 0 Å². The van der Waals surface area contributed by atoms with Crippen LogP contribution in [0.15, 0.2) is 36.5 Å². The summed E-state index contributed by atoms with van der Waals surface area (Å²) in [7, 11) is 0. The van der Waals surface area contributed by atoms with Crippen LogP contribution in [-0.4, -0.2) is 34.5 Å². The third-order valence-electron chi connectivity index (χ3n) is 4.00. The standard InChI is InChI=1S/C20H32O4/c1-2-3-4-5-6-7-8-11-14-17(21)20-18(24-20)15-12-9-10-13-16-19(22)23/h6-7,9,11-12,14,17-18,20-21H,2-5,8,10,13,15-16H2,1H3,(H,22,23)/t17-,18+,20+/m1/s1. The van der Waals surface area contributed by atoms with E-state index in [0.29, 0.717) is 6.42 Å². The Morgan fingerprint density at radius 2 is 1.83 bits per heavy atom. The lowest BCUT2D eigenvalue weighted by molar-refractivity contribution is -0.137. The highest BCUT2D eigenvalue weighted by molar-refractivity contribution is 5.66. The molecule has 0 unspecified atom stereocenters. The van der Waals surface area contributed by atoms with Crippen LogP contribution in [0.5, 0.6) is 0 Å². The first kappa shape index (κ1) is 20.7. The van der Waals surface area contributed by atoms with Crippen LogP contribution >= 0.6 is 0 Å². The van der Waals surface area contributed by atoms with Crippen LogP contribution in [0.25, 0.3) is 0 Å². The summed E-state index contributed by atoms with van der Waals surface area (Å²) in [4.78, 5) is 10.4. The Balaban J connectivity index is 2.04. The zero-order valence-electron chi connectivity index (χ0n) is 14.8. The summed E-state index contributed by atoms with van der Waals surface area (Å²) < 4.78 is 5.48. The second-order valence-electron chi connectivity index (χ2n) is 6.25. The monoisotopic (exact) mass is 336 g/mol. The van der Waals surface area contributed by atoms with E-state index in [4.69, 9.17) is 9.84 Å². The molecule has 0 spiro atoms. The minimum absolute atomic E-state index is 0.0879. The lowest BCUT2D eigenvalue weighted by atomic mass is 10.1. The molecule has 1 rings (SSSR count). The van der Waals surface area contributed by atoms with Crippen molar-refractivity contribution < 1.29 is 19.7 Å². The second-order valence-corrected chi connectivity index (χ2v) is 6.25. The quantitative estimate of drug-likeness (QED) is 0.280. The number of rotatable bonds is 14. The molecule has 1 heterocycles. The van der Waals surface area contributed by atoms with Crippen molar-refractivity contribution in [3.63, 3.8) is 0 Å². The molecule has 1 saturated heterocycles. The predicted octanol–water partition coefficient (Wildman–Crippen LogP) is 4.40. The molecule has 2 N–H and O–H groups in total. The molecular formula is C20H32O4. The lowest BCUT2D eigenvalue weighted by Crippen LogP contribution is -2.13. The third kappa shape index (κ3) is 10.4. The molecule has 0 aromatic heterocycles. The van der Waals surface area contributed by atoms with Gasteiger partial charge in [0.25, 0.3) is 0 Å². The van der Waals surface area contributed by atoms with Crippen molar-refractivity contribution in [1.29, 1.82) is 0 Å². The zero-order valence-corrected chi connectivity index (χ0v) is 14.8. The van der Waals surface area contributed by atoms with E-state index in [0.717, 1.165) is 25.7 Å². The maximum atomic E-state index is 10.4. The van der Waals surface area contributed by atoms with Gasteiger partial charge in [0.1, 0.15) is 12.2 Å². The number of carbonyl (C=O) groups is 1. The minimum atomic E-state index is -0.750. The van der Waals surface area contributed by atoms with Gasteiger partial charge in [-0.1, -0.05) is 56.2 Å². The van der Waals surface area contributed by atoms with Gasteiger partial charge < -0.3 is 14.9 Å². The average Bonchev–Trinajstić information content (AvgIpc) is 3.32. The van der Waals surface area contributed by atoms with E-state index in [-0.39, 0.29) is 18.6 Å². The fraction of sp³-hybridized carbons (Fsp3) is 0.650. The topological polar surface area (TPSA) is 70.1 Å². The smallest absolute Gasteiger partial charge is 0.303 e. The highest BCUT2D eigenvalue weighted by atomic mass is 16.6. The minimum Gasteiger partial charge on any atom is -0.481 e. The Hall–Kier alpha value is -1.39. The second kappa shape index (κ2) is 13.0. The maximum Gasteiger partial charge on any atom is 0.303 e. The summed E-state index contributed by atoms with van der Waals surface area (Å²) in [5, 5.41) is 18.5. The Morgan fingerprint density at radius 1 is 1.08 bits per heavy atom. The van der Waals surface area contributed by atoms with Crippen LogP contribution in [0.2, 0.25) is 0 Å². The van der Waals surface area contributed by atoms with Gasteiger partial charge in [-0.2, -0.15) is 0 Å². The Bertz CT molecular complexity index is 425. The fourth-order valence-corrected chi connectivity index (χ4v) is 2.50. The maximum absolute atomic E-state index is 10.4. The number of aliphatic carboxylic acids is 1. The summed E-state index contributed by atoms with van der Waals surface area (Å²) in [6, 6.07) is 0. The number of carboxylic acid groups (broad SMARTS) is 1. The highest BCUT2D eigenvalue weighted by Gasteiger charge is 2.42. The SMILES string of the molecule is CCCCCC=CCC=C[C@@H](O)[C@@H]1O[C@H]1CC=CCCCC(=O)O. The van der Waals surface area contributed by atoms with Crippen molar-refractivity contribution in [1.82, 2.24) is 0 Å². The molecule has 0 amide bonds. The van der Waals surface area contributed by atoms with Crippen LogP contribution < -0.4 is 0 Å². The molecule has 0 radical (unpaired) electrons. The normalized spacial score (nSPS) is 21.9. The summed E-state index contributed by atoms with van der Waals surface area (Å²) in [5.74, 6) is -0.750. The molecular weight excluding hydrogens is 304 g/mol. The van der Waals surface area contributed by atoms with E-state index in [1.807, 2.05) is 24.3 Å². The van der Waals surface area contributed by atoms with Crippen molar-refractivity contribution in [2.45, 2.75) is 83.0 Å². The van der Waals surface area contributed by atoms with E-state index < -0.39 is 12.1 Å². The molecule has 24 heavy (non-hydrogen) atoms. The fourth-order valence-electron chi connectivity index (χ4n) is 2.50. The molecule has 0 saturated carbocycles. The van der Waals surface area contributed by atoms with Gasteiger partial charge >= 0.3 is 5.97 Å². The van der Waals surface area contributed by atoms with E-state index in [2.05, 4.69) is 19.1 Å². The van der Waals surface area contributed by atoms with E-state index in [1.165, 1.54) is 19.3 Å². The van der Waals surface area contributed by atoms with Crippen LogP contribution in [0, 0.1) is 0 Å². The third-order valence-corrected chi connectivity index (χ3v) is 4.00. The number of allylic oxidation sites excluding steroid dienone is 4. The molecule has 1 aliphatic heterocycles. The van der Waals surface area contributed by atoms with Gasteiger partial charge in [-0.25, -0.2) is 0 Å². The molecule has 0 bridgehead atoms. The van der Waals surface area contributed by atoms with Crippen molar-refractivity contribution >= 4 is 5.97 Å². The summed E-state index contributed by atoms with van der Waals surface area (Å²) >= 11 is 0. The van der Waals surface area contributed by atoms with Gasteiger partial charge in [-0.3, -0.25) is 4.79 Å². The van der Waals surface area contributed by atoms with Crippen molar-refractivity contribution in [2.24, 2.45) is 0 Å². The summed E-state index contributed by atoms with van der Waals surface area (Å²) in [6.07, 6.45) is 19.8. The van der Waals surface area contributed by atoms with Crippen molar-refractivity contribution in [3.05, 3.63) is 36.5 Å². The average molecular weight is 336 g/mol. The number of unbranched alkanes of at least 4 members (excludes halogenated alkanes) is 4. The Kier molecular flexibility index (Phi) is 11.2. The van der Waals surface area contributed by atoms with Gasteiger partial charge in [0.15, 0.2) is 0 Å². The van der Waals surface area contributed by atoms with Crippen LogP contribution in [0.1, 0.15) is 64.7 Å². The number of hydrogen-bond acceptors (Lipinski definition) is 3. The first-order valence-electron chi connectivity index (χ1n) is 9.17. The Morgan fingerprint density at radius 3 is 2.58 bits per heavy atom. The first-order chi connectivity index (χ1) is 11.6. The van der Waals surface area contributed by atoms with Gasteiger partial charge in [-0.05, 0) is 38.5 Å². The molecule has 0 aromatic carbocycles. The van der Waals surface area contributed by atoms with Crippen molar-refractivity contribution in [2.75, 3.05) is 0 Å². The number of carboxylic acids is 1. The number of aliphatic hydroxyl groups excluding tert-OH is 1. The van der Waals surface area contributed by atoms with E-state index in [1.54, 1.807) is 0 Å². The van der Waals surface area contributed by atoms with Gasteiger partial charge in [0.05, 0.1) is 6.10 Å². The molecule has 136 valence electrons. The van der Waals surface area contributed by atoms with Gasteiger partial charge in [0.2, 0.25) is 0 Å². The highest BCUT2D eigenvalue weighted by Crippen LogP contribution is 2.29. The zero-order chi connectivity index (χ0) is 17.6. The largest absolute Gasteiger partial charge is 0.481 e. The molecule has 4 nitrogen and oxygen atoms in total. The molecule has 0 aliphatic carbocycles. The number of ether oxygens (including phenoxy) is 1. The van der Waals surface area contributed by atoms with Crippen LogP contribution in [-0.2, 0) is 9.53 Å². The molecule has 4 heteroatoms. The number of hydrogen-bond donors (Lipinski definition) is 2. The van der Waals surface area contributed by atoms with E-state index >= 15 is 0 Å². The number of epoxide rings is 1. The summed E-state index contributed by atoms with van der Waals surface area (Å²) in [5.41, 5.74) is 0. The molecule has 0 aromatic rings. The lowest BCUT2D eigenvalue weighted by Gasteiger charge is -1.99. The van der Waals surface area contributed by atoms with Gasteiger partial charge in [0, 0.05) is 6.42 Å². The number of aliphatic hydroxyl groups is 1. The van der Waals surface area contributed by atoms with Crippen LogP contribution in [0.3, 0.4) is 0 Å². The van der Waals surface area contributed by atoms with Crippen LogP contribution in [0.4, 0.5) is 0 Å². The Labute approximate surface area is 145 Å².